The van der Waals surface area contributed by atoms with Gasteiger partial charge in [0, 0.05) is 33.7 Å². The summed E-state index contributed by atoms with van der Waals surface area (Å²) < 4.78 is 39.9. The van der Waals surface area contributed by atoms with E-state index in [2.05, 4.69) is 26.7 Å². The number of nitrogens with one attached hydrogen (secondary N) is 1. The lowest BCUT2D eigenvalue weighted by Gasteiger charge is -2.26. The predicted molar refractivity (Wildman–Crippen MR) is 164 cm³/mol. The van der Waals surface area contributed by atoms with Crippen LogP contribution < -0.4 is 9.46 Å². The molecule has 1 N–H and O–H groups in total. The van der Waals surface area contributed by atoms with Gasteiger partial charge in [0.05, 0.1) is 18.9 Å². The maximum atomic E-state index is 13.4. The summed E-state index contributed by atoms with van der Waals surface area (Å²) in [7, 11) is -4.23. The van der Waals surface area contributed by atoms with Crippen molar-refractivity contribution in [2.24, 2.45) is 0 Å². The fourth-order valence-corrected chi connectivity index (χ4v) is 6.00. The van der Waals surface area contributed by atoms with Crippen molar-refractivity contribution in [3.8, 4) is 22.9 Å². The number of rotatable bonds is 8. The number of benzene rings is 2. The lowest BCUT2D eigenvalue weighted by atomic mass is 10.1. The van der Waals surface area contributed by atoms with Crippen molar-refractivity contribution in [1.82, 2.24) is 19.6 Å². The first kappa shape index (κ1) is 29.4. The summed E-state index contributed by atoms with van der Waals surface area (Å²) in [5, 5.41) is -0.245. The zero-order chi connectivity index (χ0) is 29.9. The van der Waals surface area contributed by atoms with Gasteiger partial charge in [0.25, 0.3) is 15.9 Å². The Labute approximate surface area is 249 Å². The molecule has 1 aliphatic rings. The van der Waals surface area contributed by atoms with Gasteiger partial charge < -0.3 is 9.47 Å². The molecule has 1 aliphatic heterocycles. The van der Waals surface area contributed by atoms with E-state index in [1.165, 1.54) is 6.07 Å². The minimum Gasteiger partial charge on any atom is -0.438 e. The molecule has 3 heterocycles. The number of hydrogen-bond acceptors (Lipinski definition) is 8. The van der Waals surface area contributed by atoms with E-state index in [-0.39, 0.29) is 19.3 Å². The summed E-state index contributed by atoms with van der Waals surface area (Å²) in [6.45, 7) is 11.5. The van der Waals surface area contributed by atoms with E-state index in [1.807, 2.05) is 45.0 Å². The molecule has 42 heavy (non-hydrogen) atoms. The van der Waals surface area contributed by atoms with Crippen molar-refractivity contribution in [2.75, 3.05) is 26.3 Å². The molecule has 0 radical (unpaired) electrons. The Hall–Kier alpha value is -4.12. The van der Waals surface area contributed by atoms with Crippen molar-refractivity contribution in [1.29, 1.82) is 0 Å². The Morgan fingerprint density at radius 1 is 0.952 bits per heavy atom. The maximum Gasteiger partial charge on any atom is 0.281 e. The first-order chi connectivity index (χ1) is 20.1. The third-order valence-corrected chi connectivity index (χ3v) is 8.24. The molecule has 0 saturated carbocycles. The molecule has 1 saturated heterocycles. The normalized spacial score (nSPS) is 14.0. The van der Waals surface area contributed by atoms with Gasteiger partial charge in [-0.05, 0) is 74.7 Å². The average Bonchev–Trinajstić information content (AvgIpc) is 2.95. The Kier molecular flexibility index (Phi) is 8.67. The highest BCUT2D eigenvalue weighted by Gasteiger charge is 2.25. The average molecular weight is 591 g/mol. The molecule has 1 fully saturated rings. The number of pyridine rings is 2. The van der Waals surface area contributed by atoms with Gasteiger partial charge in [0.15, 0.2) is 5.03 Å². The maximum absolute atomic E-state index is 13.4. The minimum atomic E-state index is -4.23. The SMILES string of the molecule is Cc1cc(C)c(Oc2nc(-c3cccc(CN4CCOCC4)c3)ccc2C(=O)NS(=O)(=O)c2cccc(C)n2)c(C)c1.[HH].[HH]. The molecular formula is C32H38N4O5S. The van der Waals surface area contributed by atoms with Crippen molar-refractivity contribution < 1.29 is 25.5 Å². The Morgan fingerprint density at radius 2 is 1.67 bits per heavy atom. The molecule has 0 atom stereocenters. The number of morpholine rings is 1. The van der Waals surface area contributed by atoms with E-state index >= 15 is 0 Å². The first-order valence-electron chi connectivity index (χ1n) is 13.8. The van der Waals surface area contributed by atoms with Gasteiger partial charge in [-0.1, -0.05) is 42.0 Å². The number of amides is 1. The molecule has 0 spiro atoms. The molecule has 5 rings (SSSR count). The zero-order valence-corrected chi connectivity index (χ0v) is 25.0. The number of nitrogens with zero attached hydrogens (tertiary/aromatic N) is 3. The van der Waals surface area contributed by atoms with Crippen LogP contribution in [0.1, 0.15) is 41.2 Å². The summed E-state index contributed by atoms with van der Waals surface area (Å²) >= 11 is 0. The molecule has 4 aromatic rings. The van der Waals surface area contributed by atoms with E-state index < -0.39 is 15.9 Å². The summed E-state index contributed by atoms with van der Waals surface area (Å²) in [5.41, 5.74) is 5.89. The van der Waals surface area contributed by atoms with Crippen LogP contribution in [0, 0.1) is 27.7 Å². The fraction of sp³-hybridized carbons (Fsp3) is 0.281. The van der Waals surface area contributed by atoms with E-state index in [9.17, 15) is 13.2 Å². The number of carbonyl (C=O) groups is 1. The van der Waals surface area contributed by atoms with Gasteiger partial charge in [-0.2, -0.15) is 8.42 Å². The smallest absolute Gasteiger partial charge is 0.281 e. The van der Waals surface area contributed by atoms with Gasteiger partial charge in [0.1, 0.15) is 11.3 Å². The number of ether oxygens (including phenoxy) is 2. The fourth-order valence-electron chi connectivity index (χ4n) is 5.02. The second-order valence-corrected chi connectivity index (χ2v) is 12.1. The molecule has 0 aliphatic carbocycles. The molecule has 9 nitrogen and oxygen atoms in total. The van der Waals surface area contributed by atoms with Crippen LogP contribution >= 0.6 is 0 Å². The number of carbonyl (C=O) groups excluding carboxylic acids is 1. The number of hydrogen-bond donors (Lipinski definition) is 1. The van der Waals surface area contributed by atoms with E-state index in [1.54, 1.807) is 31.2 Å². The van der Waals surface area contributed by atoms with Crippen molar-refractivity contribution in [3.05, 3.63) is 100 Å². The van der Waals surface area contributed by atoms with Crippen LogP contribution in [0.5, 0.6) is 11.6 Å². The van der Waals surface area contributed by atoms with Crippen LogP contribution in [0.4, 0.5) is 0 Å². The predicted octanol–water partition coefficient (Wildman–Crippen LogP) is 5.61. The van der Waals surface area contributed by atoms with Gasteiger partial charge in [0.2, 0.25) is 5.88 Å². The van der Waals surface area contributed by atoms with Crippen LogP contribution in [0.15, 0.2) is 71.8 Å². The third-order valence-electron chi connectivity index (χ3n) is 7.01. The summed E-state index contributed by atoms with van der Waals surface area (Å²) in [4.78, 5) is 24.6. The Morgan fingerprint density at radius 3 is 2.38 bits per heavy atom. The van der Waals surface area contributed by atoms with E-state index in [4.69, 9.17) is 14.5 Å². The summed E-state index contributed by atoms with van der Waals surface area (Å²) in [6, 6.07) is 19.9. The molecule has 10 heteroatoms. The second-order valence-electron chi connectivity index (χ2n) is 10.5. The molecule has 0 unspecified atom stereocenters. The molecular weight excluding hydrogens is 552 g/mol. The first-order valence-corrected chi connectivity index (χ1v) is 15.2. The Bertz CT molecular complexity index is 1720. The Balaban J connectivity index is 0.00000264. The molecule has 2 aromatic carbocycles. The topological polar surface area (TPSA) is 111 Å². The van der Waals surface area contributed by atoms with Crippen molar-refractivity contribution in [3.63, 3.8) is 0 Å². The van der Waals surface area contributed by atoms with Crippen molar-refractivity contribution in [2.45, 2.75) is 39.3 Å². The quantitative estimate of drug-likeness (QED) is 0.282. The molecule has 0 bridgehead atoms. The number of aromatic nitrogens is 2. The highest BCUT2D eigenvalue weighted by Crippen LogP contribution is 2.33. The minimum absolute atomic E-state index is 0. The van der Waals surface area contributed by atoms with Gasteiger partial charge in [-0.25, -0.2) is 14.7 Å². The van der Waals surface area contributed by atoms with Crippen LogP contribution in [0.3, 0.4) is 0 Å². The lowest BCUT2D eigenvalue weighted by Crippen LogP contribution is -2.35. The second kappa shape index (κ2) is 12.4. The highest BCUT2D eigenvalue weighted by molar-refractivity contribution is 7.90. The summed E-state index contributed by atoms with van der Waals surface area (Å²) in [6.07, 6.45) is 0. The van der Waals surface area contributed by atoms with Gasteiger partial charge in [-0.15, -0.1) is 0 Å². The molecule has 2 aromatic heterocycles. The van der Waals surface area contributed by atoms with E-state index in [0.717, 1.165) is 60.7 Å². The third kappa shape index (κ3) is 6.84. The summed E-state index contributed by atoms with van der Waals surface area (Å²) in [5.74, 6) is -0.301. The van der Waals surface area contributed by atoms with Crippen LogP contribution in [-0.2, 0) is 21.3 Å². The monoisotopic (exact) mass is 590 g/mol. The zero-order valence-electron chi connectivity index (χ0n) is 24.2. The lowest BCUT2D eigenvalue weighted by molar-refractivity contribution is 0.0342. The van der Waals surface area contributed by atoms with Gasteiger partial charge >= 0.3 is 0 Å². The van der Waals surface area contributed by atoms with Crippen LogP contribution in [-0.4, -0.2) is 55.5 Å². The molecule has 222 valence electrons. The largest absolute Gasteiger partial charge is 0.438 e. The highest BCUT2D eigenvalue weighted by atomic mass is 32.2. The van der Waals surface area contributed by atoms with E-state index in [0.29, 0.717) is 17.1 Å². The number of aryl methyl sites for hydroxylation is 4. The standard InChI is InChI=1S/C32H34N4O5S.2H2/c1-21-17-22(2)30(23(3)18-21)41-32-27(31(37)35-42(38,39)29-10-5-7-24(4)33-29)11-12-28(34-32)26-9-6-8-25(19-26)20-36-13-15-40-16-14-36;;/h5-12,17-19H,13-16,20H2,1-4H3,(H,35,37);2*1H. The molecule has 1 amide bonds. The number of sulfonamides is 1. The van der Waals surface area contributed by atoms with Gasteiger partial charge in [-0.3, -0.25) is 9.69 Å². The van der Waals surface area contributed by atoms with Crippen molar-refractivity contribution >= 4 is 15.9 Å². The van der Waals surface area contributed by atoms with Crippen LogP contribution in [0.2, 0.25) is 0 Å². The van der Waals surface area contributed by atoms with Crippen LogP contribution in [0.25, 0.3) is 11.3 Å².